The zero-order chi connectivity index (χ0) is 13.5. The summed E-state index contributed by atoms with van der Waals surface area (Å²) in [4.78, 5) is 17.3. The molecule has 98 valence electrons. The monoisotopic (exact) mass is 333 g/mol. The molecule has 8 heteroatoms. The third-order valence-corrected chi connectivity index (χ3v) is 4.92. The van der Waals surface area contributed by atoms with Crippen LogP contribution in [0.4, 0.5) is 5.69 Å². The second-order valence-electron chi connectivity index (χ2n) is 4.18. The van der Waals surface area contributed by atoms with E-state index in [0.29, 0.717) is 5.69 Å². The fourth-order valence-electron chi connectivity index (χ4n) is 1.79. The van der Waals surface area contributed by atoms with E-state index in [1.165, 1.54) is 4.90 Å². The Kier molecular flexibility index (Phi) is 3.43. The van der Waals surface area contributed by atoms with Gasteiger partial charge >= 0.3 is 0 Å². The lowest BCUT2D eigenvalue weighted by atomic mass is 10.3. The van der Waals surface area contributed by atoms with Crippen LogP contribution in [0, 0.1) is 6.92 Å². The number of carbonyl (C=O) groups is 1. The molecule has 1 aromatic rings. The summed E-state index contributed by atoms with van der Waals surface area (Å²) in [5.41, 5.74) is 1.37. The number of halogens is 1. The van der Waals surface area contributed by atoms with Gasteiger partial charge in [-0.25, -0.2) is 13.6 Å². The molecule has 6 nitrogen and oxygen atoms in total. The summed E-state index contributed by atoms with van der Waals surface area (Å²) < 4.78 is 23.3. The molecule has 1 aromatic heterocycles. The molecule has 0 aliphatic carbocycles. The number of sulfonamides is 1. The average molecular weight is 334 g/mol. The van der Waals surface area contributed by atoms with Crippen molar-refractivity contribution in [3.8, 4) is 0 Å². The number of nitrogens with two attached hydrogens (primary N) is 1. The van der Waals surface area contributed by atoms with Crippen molar-refractivity contribution in [2.24, 2.45) is 5.14 Å². The van der Waals surface area contributed by atoms with Crippen LogP contribution < -0.4 is 10.0 Å². The molecule has 0 bridgehead atoms. The van der Waals surface area contributed by atoms with E-state index in [1.54, 1.807) is 12.3 Å². The molecule has 1 aliphatic rings. The molecule has 18 heavy (non-hydrogen) atoms. The van der Waals surface area contributed by atoms with Gasteiger partial charge in [0.05, 0.1) is 17.6 Å². The summed E-state index contributed by atoms with van der Waals surface area (Å²) in [5.74, 6) is -0.258. The molecule has 2 rings (SSSR count). The molecule has 1 unspecified atom stereocenters. The van der Waals surface area contributed by atoms with Gasteiger partial charge in [-0.15, -0.1) is 0 Å². The molecule has 1 amide bonds. The van der Waals surface area contributed by atoms with Crippen LogP contribution in [-0.2, 0) is 14.8 Å². The first-order valence-corrected chi connectivity index (χ1v) is 7.63. The van der Waals surface area contributed by atoms with E-state index < -0.39 is 15.3 Å². The van der Waals surface area contributed by atoms with Gasteiger partial charge in [-0.05, 0) is 28.9 Å². The van der Waals surface area contributed by atoms with Crippen molar-refractivity contribution in [1.29, 1.82) is 0 Å². The summed E-state index contributed by atoms with van der Waals surface area (Å²) in [6.07, 6.45) is 1.47. The number of aromatic nitrogens is 1. The topological polar surface area (TPSA) is 93.4 Å². The molecule has 0 saturated carbocycles. The third-order valence-electron chi connectivity index (χ3n) is 2.88. The van der Waals surface area contributed by atoms with Gasteiger partial charge in [-0.3, -0.25) is 9.78 Å². The highest BCUT2D eigenvalue weighted by molar-refractivity contribution is 9.10. The molecule has 0 spiro atoms. The molecule has 0 aromatic carbocycles. The van der Waals surface area contributed by atoms with Gasteiger partial charge in [0.2, 0.25) is 15.9 Å². The Labute approximate surface area is 113 Å². The number of hydrogen-bond acceptors (Lipinski definition) is 4. The number of anilines is 1. The van der Waals surface area contributed by atoms with Crippen LogP contribution in [0.25, 0.3) is 0 Å². The summed E-state index contributed by atoms with van der Waals surface area (Å²) >= 11 is 3.32. The molecule has 2 N–H and O–H groups in total. The molecular weight excluding hydrogens is 322 g/mol. The van der Waals surface area contributed by atoms with Gasteiger partial charge in [-0.1, -0.05) is 0 Å². The van der Waals surface area contributed by atoms with Gasteiger partial charge < -0.3 is 4.90 Å². The number of carbonyl (C=O) groups excluding carboxylic acids is 1. The van der Waals surface area contributed by atoms with Crippen molar-refractivity contribution in [1.82, 2.24) is 4.98 Å². The number of pyridine rings is 1. The van der Waals surface area contributed by atoms with Gasteiger partial charge in [0.25, 0.3) is 0 Å². The minimum atomic E-state index is -3.69. The van der Waals surface area contributed by atoms with Crippen LogP contribution >= 0.6 is 15.9 Å². The van der Waals surface area contributed by atoms with Crippen LogP contribution in [0.3, 0.4) is 0 Å². The second kappa shape index (κ2) is 4.60. The maximum absolute atomic E-state index is 11.8. The number of aryl methyl sites for hydroxylation is 1. The molecule has 1 fully saturated rings. The predicted molar refractivity (Wildman–Crippen MR) is 70.5 cm³/mol. The SMILES string of the molecule is Cc1ncc(N2CC(S(N)(=O)=O)CC2=O)cc1Br. The molecular formula is C10H12BrN3O3S. The Hall–Kier alpha value is -0.990. The third kappa shape index (κ3) is 2.55. The molecule has 0 radical (unpaired) electrons. The van der Waals surface area contributed by atoms with Crippen molar-refractivity contribution in [2.45, 2.75) is 18.6 Å². The Morgan fingerprint density at radius 2 is 2.22 bits per heavy atom. The summed E-state index contributed by atoms with van der Waals surface area (Å²) in [6, 6.07) is 1.74. The van der Waals surface area contributed by atoms with E-state index in [9.17, 15) is 13.2 Å². The Morgan fingerprint density at radius 3 is 2.72 bits per heavy atom. The smallest absolute Gasteiger partial charge is 0.228 e. The average Bonchev–Trinajstić information content (AvgIpc) is 2.64. The summed E-state index contributed by atoms with van der Waals surface area (Å²) in [7, 11) is -3.69. The lowest BCUT2D eigenvalue weighted by Crippen LogP contribution is -2.32. The highest BCUT2D eigenvalue weighted by Crippen LogP contribution is 2.26. The highest BCUT2D eigenvalue weighted by atomic mass is 79.9. The fraction of sp³-hybridized carbons (Fsp3) is 0.400. The molecule has 1 atom stereocenters. The molecule has 1 aliphatic heterocycles. The number of primary sulfonamides is 1. The number of rotatable bonds is 2. The zero-order valence-electron chi connectivity index (χ0n) is 9.63. The normalized spacial score (nSPS) is 20.5. The zero-order valence-corrected chi connectivity index (χ0v) is 12.0. The van der Waals surface area contributed by atoms with Crippen LogP contribution in [0.15, 0.2) is 16.7 Å². The molecule has 1 saturated heterocycles. The van der Waals surface area contributed by atoms with E-state index >= 15 is 0 Å². The summed E-state index contributed by atoms with van der Waals surface area (Å²) in [5, 5.41) is 4.22. The minimum Gasteiger partial charge on any atom is -0.309 e. The Bertz CT molecular complexity index is 602. The van der Waals surface area contributed by atoms with Crippen LogP contribution in [-0.4, -0.2) is 31.1 Å². The Morgan fingerprint density at radius 1 is 1.56 bits per heavy atom. The van der Waals surface area contributed by atoms with Crippen LogP contribution in [0.1, 0.15) is 12.1 Å². The van der Waals surface area contributed by atoms with Gasteiger partial charge in [-0.2, -0.15) is 0 Å². The Balaban J connectivity index is 2.30. The number of hydrogen-bond donors (Lipinski definition) is 1. The highest BCUT2D eigenvalue weighted by Gasteiger charge is 2.37. The number of nitrogens with zero attached hydrogens (tertiary/aromatic N) is 2. The predicted octanol–water partition coefficient (Wildman–Crippen LogP) is 0.546. The van der Waals surface area contributed by atoms with Crippen molar-refractivity contribution in [3.63, 3.8) is 0 Å². The second-order valence-corrected chi connectivity index (χ2v) is 6.88. The standard InChI is InChI=1S/C10H12BrN3O3S/c1-6-9(11)2-7(4-13-6)14-5-8(3-10(14)15)18(12,16)17/h2,4,8H,3,5H2,1H3,(H2,12,16,17). The van der Waals surface area contributed by atoms with Gasteiger partial charge in [0, 0.05) is 17.4 Å². The summed E-state index contributed by atoms with van der Waals surface area (Å²) in [6.45, 7) is 1.90. The van der Waals surface area contributed by atoms with Crippen molar-refractivity contribution in [3.05, 3.63) is 22.4 Å². The van der Waals surface area contributed by atoms with Gasteiger partial charge in [0.1, 0.15) is 5.25 Å². The molecule has 2 heterocycles. The lowest BCUT2D eigenvalue weighted by Gasteiger charge is -2.16. The van der Waals surface area contributed by atoms with E-state index in [0.717, 1.165) is 10.2 Å². The van der Waals surface area contributed by atoms with Crippen LogP contribution in [0.2, 0.25) is 0 Å². The quantitative estimate of drug-likeness (QED) is 0.854. The van der Waals surface area contributed by atoms with Crippen molar-refractivity contribution in [2.75, 3.05) is 11.4 Å². The first-order valence-electron chi connectivity index (χ1n) is 5.23. The first kappa shape index (κ1) is 13.4. The van der Waals surface area contributed by atoms with Gasteiger partial charge in [0.15, 0.2) is 0 Å². The maximum atomic E-state index is 11.8. The van der Waals surface area contributed by atoms with E-state index in [2.05, 4.69) is 20.9 Å². The minimum absolute atomic E-state index is 0.0782. The van der Waals surface area contributed by atoms with E-state index in [-0.39, 0.29) is 18.9 Å². The first-order chi connectivity index (χ1) is 8.29. The van der Waals surface area contributed by atoms with Crippen molar-refractivity contribution >= 4 is 37.5 Å². The number of amides is 1. The largest absolute Gasteiger partial charge is 0.309 e. The van der Waals surface area contributed by atoms with E-state index in [4.69, 9.17) is 5.14 Å². The fourth-order valence-corrected chi connectivity index (χ4v) is 2.86. The van der Waals surface area contributed by atoms with E-state index in [1.807, 2.05) is 6.92 Å². The van der Waals surface area contributed by atoms with Crippen LogP contribution in [0.5, 0.6) is 0 Å². The lowest BCUT2D eigenvalue weighted by molar-refractivity contribution is -0.117. The maximum Gasteiger partial charge on any atom is 0.228 e. The van der Waals surface area contributed by atoms with Crippen molar-refractivity contribution < 1.29 is 13.2 Å².